The van der Waals surface area contributed by atoms with Crippen molar-refractivity contribution in [2.75, 3.05) is 12.9 Å². The van der Waals surface area contributed by atoms with Gasteiger partial charge in [0.15, 0.2) is 11.6 Å². The second-order valence-electron chi connectivity index (χ2n) is 2.33. The van der Waals surface area contributed by atoms with E-state index in [1.165, 1.54) is 6.07 Å². The van der Waals surface area contributed by atoms with Gasteiger partial charge in [-0.25, -0.2) is 8.78 Å². The van der Waals surface area contributed by atoms with Crippen LogP contribution in [0.1, 0.15) is 6.92 Å². The maximum absolute atomic E-state index is 13.1. The van der Waals surface area contributed by atoms with E-state index in [0.29, 0.717) is 12.4 Å². The highest BCUT2D eigenvalue weighted by Crippen LogP contribution is 2.31. The molecule has 0 saturated heterocycles. The molecule has 0 aliphatic rings. The molecule has 1 aromatic rings. The fourth-order valence-corrected chi connectivity index (χ4v) is 1.58. The minimum absolute atomic E-state index is 0.224. The number of thioether (sulfide) groups is 1. The summed E-state index contributed by atoms with van der Waals surface area (Å²) in [6.45, 7) is 2.24. The molecule has 0 atom stereocenters. The summed E-state index contributed by atoms with van der Waals surface area (Å²) in [5.41, 5.74) is 0. The zero-order valence-corrected chi connectivity index (χ0v) is 8.25. The van der Waals surface area contributed by atoms with Gasteiger partial charge in [-0.15, -0.1) is 11.8 Å². The summed E-state index contributed by atoms with van der Waals surface area (Å²) < 4.78 is 31.0. The Labute approximate surface area is 80.1 Å². The lowest BCUT2D eigenvalue weighted by atomic mass is 10.3. The first-order chi connectivity index (χ1) is 6.20. The topological polar surface area (TPSA) is 9.23 Å². The predicted octanol–water partition coefficient (Wildman–Crippen LogP) is 3.09. The molecule has 1 nitrogen and oxygen atoms in total. The van der Waals surface area contributed by atoms with Crippen molar-refractivity contribution >= 4 is 11.8 Å². The van der Waals surface area contributed by atoms with Crippen molar-refractivity contribution < 1.29 is 13.5 Å². The molecule has 0 N–H and O–H groups in total. The smallest absolute Gasteiger partial charge is 0.176 e. The van der Waals surface area contributed by atoms with E-state index in [1.54, 1.807) is 13.2 Å². The van der Waals surface area contributed by atoms with Gasteiger partial charge in [-0.05, 0) is 25.3 Å². The highest BCUT2D eigenvalue weighted by Gasteiger charge is 2.12. The second kappa shape index (κ2) is 4.46. The number of rotatable bonds is 3. The zero-order chi connectivity index (χ0) is 9.84. The molecular weight excluding hydrogens is 194 g/mol. The van der Waals surface area contributed by atoms with Crippen molar-refractivity contribution in [3.63, 3.8) is 0 Å². The highest BCUT2D eigenvalue weighted by molar-refractivity contribution is 7.98. The lowest BCUT2D eigenvalue weighted by molar-refractivity contribution is 0.325. The van der Waals surface area contributed by atoms with Crippen LogP contribution in [0.4, 0.5) is 8.78 Å². The molecule has 13 heavy (non-hydrogen) atoms. The Morgan fingerprint density at radius 1 is 1.38 bits per heavy atom. The van der Waals surface area contributed by atoms with E-state index in [-0.39, 0.29) is 4.90 Å². The van der Waals surface area contributed by atoms with Gasteiger partial charge >= 0.3 is 0 Å². The third kappa shape index (κ3) is 2.12. The Morgan fingerprint density at radius 2 is 2.08 bits per heavy atom. The normalized spacial score (nSPS) is 10.2. The molecule has 0 amide bonds. The largest absolute Gasteiger partial charge is 0.493 e. The maximum Gasteiger partial charge on any atom is 0.176 e. The van der Waals surface area contributed by atoms with Crippen LogP contribution in [0.15, 0.2) is 17.0 Å². The maximum atomic E-state index is 13.1. The minimum Gasteiger partial charge on any atom is -0.493 e. The summed E-state index contributed by atoms with van der Waals surface area (Å²) in [7, 11) is 0. The van der Waals surface area contributed by atoms with E-state index in [9.17, 15) is 8.78 Å². The Hall–Kier alpha value is -0.770. The molecule has 1 rings (SSSR count). The number of hydrogen-bond acceptors (Lipinski definition) is 2. The van der Waals surface area contributed by atoms with Gasteiger partial charge in [-0.1, -0.05) is 0 Å². The van der Waals surface area contributed by atoms with Crippen LogP contribution in [0, 0.1) is 11.6 Å². The van der Waals surface area contributed by atoms with E-state index in [4.69, 9.17) is 4.74 Å². The molecule has 0 aliphatic heterocycles. The molecular formula is C9H10F2OS. The molecule has 0 aliphatic carbocycles. The quantitative estimate of drug-likeness (QED) is 0.700. The van der Waals surface area contributed by atoms with Gasteiger partial charge in [0.1, 0.15) is 5.75 Å². The van der Waals surface area contributed by atoms with E-state index >= 15 is 0 Å². The molecule has 0 spiro atoms. The molecule has 0 aromatic heterocycles. The van der Waals surface area contributed by atoms with E-state index in [0.717, 1.165) is 17.8 Å². The summed E-state index contributed by atoms with van der Waals surface area (Å²) in [5.74, 6) is -1.28. The van der Waals surface area contributed by atoms with Gasteiger partial charge in [0.2, 0.25) is 0 Å². The Morgan fingerprint density at radius 3 is 2.62 bits per heavy atom. The van der Waals surface area contributed by atoms with Crippen molar-refractivity contribution in [3.05, 3.63) is 23.8 Å². The average Bonchev–Trinajstić information content (AvgIpc) is 2.12. The van der Waals surface area contributed by atoms with Crippen LogP contribution in [-0.2, 0) is 0 Å². The average molecular weight is 204 g/mol. The number of hydrogen-bond donors (Lipinski definition) is 0. The SMILES string of the molecule is CCOc1ccc(F)c(F)c1SC. The molecule has 0 unspecified atom stereocenters. The third-order valence-corrected chi connectivity index (χ3v) is 2.31. The molecule has 0 saturated carbocycles. The summed E-state index contributed by atoms with van der Waals surface area (Å²) in [4.78, 5) is 0.224. The number of ether oxygens (including phenoxy) is 1. The van der Waals surface area contributed by atoms with E-state index in [1.807, 2.05) is 0 Å². The summed E-state index contributed by atoms with van der Waals surface area (Å²) in [6.07, 6.45) is 1.68. The zero-order valence-electron chi connectivity index (χ0n) is 7.43. The van der Waals surface area contributed by atoms with Crippen LogP contribution in [0.2, 0.25) is 0 Å². The molecule has 72 valence electrons. The number of benzene rings is 1. The van der Waals surface area contributed by atoms with Crippen molar-refractivity contribution in [1.29, 1.82) is 0 Å². The first-order valence-electron chi connectivity index (χ1n) is 3.85. The first kappa shape index (κ1) is 10.3. The van der Waals surface area contributed by atoms with Gasteiger partial charge in [0.05, 0.1) is 11.5 Å². The molecule has 4 heteroatoms. The van der Waals surface area contributed by atoms with Gasteiger partial charge in [-0.2, -0.15) is 0 Å². The summed E-state index contributed by atoms with van der Waals surface area (Å²) in [6, 6.07) is 2.51. The lowest BCUT2D eigenvalue weighted by Crippen LogP contribution is -1.96. The standard InChI is InChI=1S/C9H10F2OS/c1-3-12-7-5-4-6(10)8(11)9(7)13-2/h4-5H,3H2,1-2H3. The fourth-order valence-electron chi connectivity index (χ4n) is 0.974. The number of halogens is 2. The Balaban J connectivity index is 3.13. The minimum atomic E-state index is -0.840. The lowest BCUT2D eigenvalue weighted by Gasteiger charge is -2.08. The van der Waals surface area contributed by atoms with E-state index in [2.05, 4.69) is 0 Å². The fraction of sp³-hybridized carbons (Fsp3) is 0.333. The second-order valence-corrected chi connectivity index (χ2v) is 3.14. The van der Waals surface area contributed by atoms with Crippen LogP contribution in [0.5, 0.6) is 5.75 Å². The van der Waals surface area contributed by atoms with Crippen LogP contribution in [0.3, 0.4) is 0 Å². The van der Waals surface area contributed by atoms with Gasteiger partial charge in [0.25, 0.3) is 0 Å². The van der Waals surface area contributed by atoms with Crippen molar-refractivity contribution in [2.45, 2.75) is 11.8 Å². The third-order valence-electron chi connectivity index (χ3n) is 1.52. The van der Waals surface area contributed by atoms with Crippen LogP contribution < -0.4 is 4.74 Å². The predicted molar refractivity (Wildman–Crippen MR) is 49.3 cm³/mol. The van der Waals surface area contributed by atoms with Gasteiger partial charge in [-0.3, -0.25) is 0 Å². The van der Waals surface area contributed by atoms with Crippen molar-refractivity contribution in [1.82, 2.24) is 0 Å². The molecule has 1 aromatic carbocycles. The Bertz CT molecular complexity index is 302. The molecule has 0 radical (unpaired) electrons. The first-order valence-corrected chi connectivity index (χ1v) is 5.08. The Kier molecular flexibility index (Phi) is 3.54. The molecule has 0 fully saturated rings. The van der Waals surface area contributed by atoms with Crippen molar-refractivity contribution in [3.8, 4) is 5.75 Å². The summed E-state index contributed by atoms with van der Waals surface area (Å²) >= 11 is 1.14. The van der Waals surface area contributed by atoms with E-state index < -0.39 is 11.6 Å². The molecule has 0 heterocycles. The summed E-state index contributed by atoms with van der Waals surface area (Å²) in [5, 5.41) is 0. The van der Waals surface area contributed by atoms with Gasteiger partial charge < -0.3 is 4.74 Å². The van der Waals surface area contributed by atoms with Crippen molar-refractivity contribution in [2.24, 2.45) is 0 Å². The highest BCUT2D eigenvalue weighted by atomic mass is 32.2. The monoisotopic (exact) mass is 204 g/mol. The van der Waals surface area contributed by atoms with Gasteiger partial charge in [0, 0.05) is 0 Å². The molecule has 0 bridgehead atoms. The van der Waals surface area contributed by atoms with Crippen LogP contribution in [-0.4, -0.2) is 12.9 Å². The van der Waals surface area contributed by atoms with Crippen LogP contribution in [0.25, 0.3) is 0 Å². The van der Waals surface area contributed by atoms with Crippen LogP contribution >= 0.6 is 11.8 Å².